The molecule has 0 bridgehead atoms. The van der Waals surface area contributed by atoms with Gasteiger partial charge in [0.25, 0.3) is 10.0 Å². The number of nitrogen functional groups attached to an aromatic ring is 1. The number of anilines is 2. The molecule has 7 nitrogen and oxygen atoms in total. The number of methoxy groups -OCH3 is 1. The number of rotatable bonds is 4. The van der Waals surface area contributed by atoms with Crippen molar-refractivity contribution in [3.8, 4) is 5.75 Å². The third-order valence-electron chi connectivity index (χ3n) is 2.26. The topological polar surface area (TPSA) is 107 Å². The quantitative estimate of drug-likeness (QED) is 0.823. The molecule has 0 aliphatic heterocycles. The van der Waals surface area contributed by atoms with E-state index >= 15 is 0 Å². The molecule has 1 aromatic carbocycles. The van der Waals surface area contributed by atoms with Crippen LogP contribution in [0.1, 0.15) is 5.01 Å². The molecule has 0 aliphatic rings. The lowest BCUT2D eigenvalue weighted by Crippen LogP contribution is -2.13. The standard InChI is InChI=1S/C10H12N4O3S2/c1-6-12-13-10(18-6)14-19(15,16)7-3-4-9(17-2)8(11)5-7/h3-5H,11H2,1-2H3,(H,13,14). The number of aryl methyl sites for hydroxylation is 1. The van der Waals surface area contributed by atoms with Crippen LogP contribution in [0.2, 0.25) is 0 Å². The first-order valence-electron chi connectivity index (χ1n) is 5.19. The number of aromatic nitrogens is 2. The highest BCUT2D eigenvalue weighted by atomic mass is 32.2. The van der Waals surface area contributed by atoms with Gasteiger partial charge in [0.2, 0.25) is 5.13 Å². The summed E-state index contributed by atoms with van der Waals surface area (Å²) < 4.78 is 31.5. The molecule has 1 heterocycles. The van der Waals surface area contributed by atoms with Crippen molar-refractivity contribution in [2.45, 2.75) is 11.8 Å². The average Bonchev–Trinajstić information content (AvgIpc) is 2.73. The van der Waals surface area contributed by atoms with E-state index in [9.17, 15) is 8.42 Å². The van der Waals surface area contributed by atoms with E-state index in [4.69, 9.17) is 10.5 Å². The fraction of sp³-hybridized carbons (Fsp3) is 0.200. The summed E-state index contributed by atoms with van der Waals surface area (Å²) in [6, 6.07) is 4.23. The number of ether oxygens (including phenoxy) is 1. The zero-order valence-corrected chi connectivity index (χ0v) is 11.9. The first-order valence-corrected chi connectivity index (χ1v) is 7.49. The van der Waals surface area contributed by atoms with Crippen LogP contribution in [0.4, 0.5) is 10.8 Å². The van der Waals surface area contributed by atoms with Gasteiger partial charge in [-0.1, -0.05) is 11.3 Å². The Morgan fingerprint density at radius 2 is 2.11 bits per heavy atom. The first-order chi connectivity index (χ1) is 8.92. The van der Waals surface area contributed by atoms with E-state index in [-0.39, 0.29) is 15.7 Å². The van der Waals surface area contributed by atoms with E-state index < -0.39 is 10.0 Å². The Labute approximate surface area is 114 Å². The molecular formula is C10H12N4O3S2. The lowest BCUT2D eigenvalue weighted by molar-refractivity contribution is 0.416. The van der Waals surface area contributed by atoms with Gasteiger partial charge in [0.1, 0.15) is 10.8 Å². The van der Waals surface area contributed by atoms with Gasteiger partial charge in [-0.3, -0.25) is 4.72 Å². The number of nitrogens with one attached hydrogen (secondary N) is 1. The Morgan fingerprint density at radius 3 is 2.63 bits per heavy atom. The molecule has 0 saturated heterocycles. The molecule has 2 aromatic rings. The molecule has 9 heteroatoms. The SMILES string of the molecule is COc1ccc(S(=O)(=O)Nc2nnc(C)s2)cc1N. The van der Waals surface area contributed by atoms with E-state index in [1.807, 2.05) is 0 Å². The smallest absolute Gasteiger partial charge is 0.263 e. The van der Waals surface area contributed by atoms with Crippen molar-refractivity contribution in [1.29, 1.82) is 0 Å². The van der Waals surface area contributed by atoms with Crippen molar-refractivity contribution in [2.75, 3.05) is 17.6 Å². The second kappa shape index (κ2) is 5.02. The summed E-state index contributed by atoms with van der Waals surface area (Å²) in [6.45, 7) is 1.74. The minimum Gasteiger partial charge on any atom is -0.495 e. The fourth-order valence-electron chi connectivity index (χ4n) is 1.39. The number of hydrogen-bond donors (Lipinski definition) is 2. The van der Waals surface area contributed by atoms with Crippen LogP contribution in [-0.2, 0) is 10.0 Å². The molecular weight excluding hydrogens is 288 g/mol. The van der Waals surface area contributed by atoms with Crippen LogP contribution >= 0.6 is 11.3 Å². The Bertz CT molecular complexity index is 697. The highest BCUT2D eigenvalue weighted by molar-refractivity contribution is 7.93. The van der Waals surface area contributed by atoms with E-state index in [2.05, 4.69) is 14.9 Å². The number of benzene rings is 1. The number of nitrogens with two attached hydrogens (primary N) is 1. The molecule has 19 heavy (non-hydrogen) atoms. The maximum atomic E-state index is 12.1. The second-order valence-corrected chi connectivity index (χ2v) is 6.50. The molecule has 0 aliphatic carbocycles. The summed E-state index contributed by atoms with van der Waals surface area (Å²) >= 11 is 1.15. The second-order valence-electron chi connectivity index (χ2n) is 3.64. The largest absolute Gasteiger partial charge is 0.495 e. The molecule has 0 radical (unpaired) electrons. The lowest BCUT2D eigenvalue weighted by atomic mass is 10.3. The predicted octanol–water partition coefficient (Wildman–Crippen LogP) is 1.24. The van der Waals surface area contributed by atoms with Crippen molar-refractivity contribution >= 4 is 32.2 Å². The Kier molecular flexibility index (Phi) is 3.58. The molecule has 3 N–H and O–H groups in total. The Balaban J connectivity index is 2.31. The summed E-state index contributed by atoms with van der Waals surface area (Å²) in [5.74, 6) is 0.422. The lowest BCUT2D eigenvalue weighted by Gasteiger charge is -2.08. The normalized spacial score (nSPS) is 11.3. The minimum absolute atomic E-state index is 0.0404. The van der Waals surface area contributed by atoms with Crippen LogP contribution in [0, 0.1) is 6.92 Å². The van der Waals surface area contributed by atoms with E-state index in [0.717, 1.165) is 11.3 Å². The van der Waals surface area contributed by atoms with Gasteiger partial charge < -0.3 is 10.5 Å². The molecule has 0 fully saturated rings. The molecule has 0 spiro atoms. The van der Waals surface area contributed by atoms with Gasteiger partial charge >= 0.3 is 0 Å². The van der Waals surface area contributed by atoms with Gasteiger partial charge in [0.15, 0.2) is 0 Å². The molecule has 0 saturated carbocycles. The molecule has 0 atom stereocenters. The van der Waals surface area contributed by atoms with Gasteiger partial charge in [-0.05, 0) is 25.1 Å². The van der Waals surface area contributed by atoms with Crippen LogP contribution in [0.5, 0.6) is 5.75 Å². The Morgan fingerprint density at radius 1 is 1.37 bits per heavy atom. The van der Waals surface area contributed by atoms with Crippen molar-refractivity contribution < 1.29 is 13.2 Å². The minimum atomic E-state index is -3.73. The molecule has 1 aromatic heterocycles. The third kappa shape index (κ3) is 2.93. The first kappa shape index (κ1) is 13.6. The van der Waals surface area contributed by atoms with Crippen LogP contribution in [0.15, 0.2) is 23.1 Å². The summed E-state index contributed by atoms with van der Waals surface area (Å²) in [6.07, 6.45) is 0. The maximum Gasteiger partial charge on any atom is 0.263 e. The summed E-state index contributed by atoms with van der Waals surface area (Å²) in [5, 5.41) is 8.33. The van der Waals surface area contributed by atoms with Crippen molar-refractivity contribution in [3.63, 3.8) is 0 Å². The van der Waals surface area contributed by atoms with E-state index in [1.165, 1.54) is 25.3 Å². The highest BCUT2D eigenvalue weighted by Gasteiger charge is 2.17. The van der Waals surface area contributed by atoms with Crippen LogP contribution < -0.4 is 15.2 Å². The average molecular weight is 300 g/mol. The number of hydrogen-bond acceptors (Lipinski definition) is 7. The van der Waals surface area contributed by atoms with Gasteiger partial charge in [-0.15, -0.1) is 10.2 Å². The molecule has 2 rings (SSSR count). The summed E-state index contributed by atoms with van der Waals surface area (Å²) in [4.78, 5) is 0.0404. The highest BCUT2D eigenvalue weighted by Crippen LogP contribution is 2.26. The fourth-order valence-corrected chi connectivity index (χ4v) is 3.25. The summed E-state index contributed by atoms with van der Waals surface area (Å²) in [7, 11) is -2.26. The third-order valence-corrected chi connectivity index (χ3v) is 4.48. The zero-order valence-electron chi connectivity index (χ0n) is 10.2. The zero-order chi connectivity index (χ0) is 14.0. The van der Waals surface area contributed by atoms with Gasteiger partial charge in [-0.2, -0.15) is 0 Å². The van der Waals surface area contributed by atoms with Crippen molar-refractivity contribution in [2.24, 2.45) is 0 Å². The molecule has 102 valence electrons. The van der Waals surface area contributed by atoms with E-state index in [1.54, 1.807) is 6.92 Å². The molecule has 0 unspecified atom stereocenters. The van der Waals surface area contributed by atoms with Crippen molar-refractivity contribution in [3.05, 3.63) is 23.2 Å². The predicted molar refractivity (Wildman–Crippen MR) is 72.9 cm³/mol. The monoisotopic (exact) mass is 300 g/mol. The van der Waals surface area contributed by atoms with Crippen LogP contribution in [0.25, 0.3) is 0 Å². The summed E-state index contributed by atoms with van der Waals surface area (Å²) in [5.41, 5.74) is 5.93. The maximum absolute atomic E-state index is 12.1. The number of nitrogens with zero attached hydrogens (tertiary/aromatic N) is 2. The molecule has 0 amide bonds. The van der Waals surface area contributed by atoms with Gasteiger partial charge in [0, 0.05) is 0 Å². The van der Waals surface area contributed by atoms with Crippen LogP contribution in [-0.4, -0.2) is 25.7 Å². The Hall–Kier alpha value is -1.87. The van der Waals surface area contributed by atoms with Crippen molar-refractivity contribution in [1.82, 2.24) is 10.2 Å². The van der Waals surface area contributed by atoms with Crippen LogP contribution in [0.3, 0.4) is 0 Å². The number of sulfonamides is 1. The van der Waals surface area contributed by atoms with Gasteiger partial charge in [-0.25, -0.2) is 8.42 Å². The van der Waals surface area contributed by atoms with E-state index in [0.29, 0.717) is 10.8 Å². The van der Waals surface area contributed by atoms with Gasteiger partial charge in [0.05, 0.1) is 17.7 Å².